The Bertz CT molecular complexity index is 446. The molecule has 1 heterocycles. The van der Waals surface area contributed by atoms with Crippen molar-refractivity contribution in [2.45, 2.75) is 0 Å². The molecule has 4 N–H and O–H groups in total. The first kappa shape index (κ1) is 13.8. The molecule has 0 unspecified atom stereocenters. The van der Waals surface area contributed by atoms with Gasteiger partial charge in [-0.3, -0.25) is 9.69 Å². The first-order valence-electron chi connectivity index (χ1n) is 6.43. The zero-order chi connectivity index (χ0) is 13.7. The number of benzene rings is 1. The minimum atomic E-state index is -0.621. The standard InChI is InChI=1S/C13H19FN4O/c14-10-1-2-12(11(9-10)13(15)19)17-5-8-18-6-3-16-4-7-18/h1-2,9,16-17H,3-8H2,(H2,15,19). The van der Waals surface area contributed by atoms with Crippen LogP contribution in [-0.4, -0.2) is 50.1 Å². The molecule has 1 saturated heterocycles. The van der Waals surface area contributed by atoms with Gasteiger partial charge >= 0.3 is 0 Å². The van der Waals surface area contributed by atoms with E-state index in [1.165, 1.54) is 6.07 Å². The topological polar surface area (TPSA) is 70.4 Å². The Hall–Kier alpha value is -1.66. The molecule has 1 fully saturated rings. The Morgan fingerprint density at radius 1 is 1.42 bits per heavy atom. The Morgan fingerprint density at radius 3 is 2.84 bits per heavy atom. The second-order valence-electron chi connectivity index (χ2n) is 4.57. The van der Waals surface area contributed by atoms with Crippen molar-refractivity contribution < 1.29 is 9.18 Å². The maximum Gasteiger partial charge on any atom is 0.250 e. The Balaban J connectivity index is 1.89. The lowest BCUT2D eigenvalue weighted by Gasteiger charge is -2.27. The number of primary amides is 1. The second kappa shape index (κ2) is 6.49. The number of carbonyl (C=O) groups excluding carboxylic acids is 1. The van der Waals surface area contributed by atoms with Crippen LogP contribution >= 0.6 is 0 Å². The fourth-order valence-corrected chi connectivity index (χ4v) is 2.16. The van der Waals surface area contributed by atoms with Crippen molar-refractivity contribution in [2.24, 2.45) is 5.73 Å². The molecule has 5 nitrogen and oxygen atoms in total. The lowest BCUT2D eigenvalue weighted by Crippen LogP contribution is -2.45. The minimum absolute atomic E-state index is 0.195. The highest BCUT2D eigenvalue weighted by Gasteiger charge is 2.11. The number of hydrogen-bond acceptors (Lipinski definition) is 4. The van der Waals surface area contributed by atoms with Gasteiger partial charge in [0.05, 0.1) is 5.56 Å². The number of anilines is 1. The van der Waals surface area contributed by atoms with Gasteiger partial charge in [-0.05, 0) is 18.2 Å². The largest absolute Gasteiger partial charge is 0.383 e. The smallest absolute Gasteiger partial charge is 0.250 e. The molecule has 0 saturated carbocycles. The molecule has 1 aliphatic heterocycles. The van der Waals surface area contributed by atoms with Crippen molar-refractivity contribution in [2.75, 3.05) is 44.6 Å². The van der Waals surface area contributed by atoms with Gasteiger partial charge in [-0.1, -0.05) is 0 Å². The zero-order valence-corrected chi connectivity index (χ0v) is 10.8. The molecule has 1 aromatic rings. The molecule has 0 radical (unpaired) electrons. The summed E-state index contributed by atoms with van der Waals surface area (Å²) in [6, 6.07) is 4.03. The summed E-state index contributed by atoms with van der Waals surface area (Å²) in [5, 5.41) is 6.43. The van der Waals surface area contributed by atoms with Gasteiger partial charge in [0.1, 0.15) is 5.82 Å². The van der Waals surface area contributed by atoms with Crippen LogP contribution < -0.4 is 16.4 Å². The molecule has 1 aromatic carbocycles. The molecule has 1 amide bonds. The van der Waals surface area contributed by atoms with Crippen LogP contribution in [0.15, 0.2) is 18.2 Å². The Morgan fingerprint density at radius 2 is 2.16 bits per heavy atom. The van der Waals surface area contributed by atoms with Crippen molar-refractivity contribution >= 4 is 11.6 Å². The second-order valence-corrected chi connectivity index (χ2v) is 4.57. The lowest BCUT2D eigenvalue weighted by atomic mass is 10.1. The fraction of sp³-hybridized carbons (Fsp3) is 0.462. The predicted octanol–water partition coefficient (Wildman–Crippen LogP) is 0.242. The summed E-state index contributed by atoms with van der Waals surface area (Å²) in [4.78, 5) is 13.6. The third kappa shape index (κ3) is 3.90. The molecule has 19 heavy (non-hydrogen) atoms. The summed E-state index contributed by atoms with van der Waals surface area (Å²) in [5.41, 5.74) is 6.02. The number of amides is 1. The summed E-state index contributed by atoms with van der Waals surface area (Å²) < 4.78 is 13.1. The Labute approximate surface area is 112 Å². The molecule has 2 rings (SSSR count). The highest BCUT2D eigenvalue weighted by atomic mass is 19.1. The van der Waals surface area contributed by atoms with E-state index in [1.54, 1.807) is 6.07 Å². The van der Waals surface area contributed by atoms with Gasteiger partial charge in [0, 0.05) is 45.0 Å². The van der Waals surface area contributed by atoms with Crippen LogP contribution in [0.3, 0.4) is 0 Å². The van der Waals surface area contributed by atoms with Crippen molar-refractivity contribution in [3.05, 3.63) is 29.6 Å². The number of halogens is 1. The van der Waals surface area contributed by atoms with E-state index in [4.69, 9.17) is 5.73 Å². The molecule has 0 aliphatic carbocycles. The molecule has 0 spiro atoms. The van der Waals surface area contributed by atoms with Gasteiger partial charge in [-0.15, -0.1) is 0 Å². The average molecular weight is 266 g/mol. The van der Waals surface area contributed by atoms with Crippen LogP contribution in [0.1, 0.15) is 10.4 Å². The van der Waals surface area contributed by atoms with Crippen molar-refractivity contribution in [1.29, 1.82) is 0 Å². The monoisotopic (exact) mass is 266 g/mol. The van der Waals surface area contributed by atoms with Crippen LogP contribution in [0.25, 0.3) is 0 Å². The normalized spacial score (nSPS) is 16.3. The first-order valence-corrected chi connectivity index (χ1v) is 6.43. The van der Waals surface area contributed by atoms with Crippen LogP contribution in [0, 0.1) is 5.82 Å². The molecule has 0 bridgehead atoms. The van der Waals surface area contributed by atoms with Crippen molar-refractivity contribution in [1.82, 2.24) is 10.2 Å². The molecule has 0 atom stereocenters. The highest BCUT2D eigenvalue weighted by molar-refractivity contribution is 5.98. The minimum Gasteiger partial charge on any atom is -0.383 e. The van der Waals surface area contributed by atoms with E-state index in [0.717, 1.165) is 38.8 Å². The summed E-state index contributed by atoms with van der Waals surface area (Å²) in [5.74, 6) is -1.08. The summed E-state index contributed by atoms with van der Waals surface area (Å²) in [7, 11) is 0. The first-order chi connectivity index (χ1) is 9.16. The summed E-state index contributed by atoms with van der Waals surface area (Å²) >= 11 is 0. The van der Waals surface area contributed by atoms with Crippen LogP contribution in [-0.2, 0) is 0 Å². The van der Waals surface area contributed by atoms with Crippen molar-refractivity contribution in [3.63, 3.8) is 0 Å². The van der Waals surface area contributed by atoms with Gasteiger partial charge in [0.25, 0.3) is 5.91 Å². The van der Waals surface area contributed by atoms with E-state index >= 15 is 0 Å². The van der Waals surface area contributed by atoms with Gasteiger partial charge in [-0.2, -0.15) is 0 Å². The van der Waals surface area contributed by atoms with E-state index < -0.39 is 11.7 Å². The zero-order valence-electron chi connectivity index (χ0n) is 10.8. The average Bonchev–Trinajstić information content (AvgIpc) is 2.41. The van der Waals surface area contributed by atoms with E-state index in [2.05, 4.69) is 15.5 Å². The maximum atomic E-state index is 13.1. The summed E-state index contributed by atoms with van der Waals surface area (Å²) in [6.45, 7) is 5.64. The number of carbonyl (C=O) groups is 1. The number of piperazine rings is 1. The Kier molecular flexibility index (Phi) is 4.70. The molecule has 104 valence electrons. The highest BCUT2D eigenvalue weighted by Crippen LogP contribution is 2.16. The van der Waals surface area contributed by atoms with E-state index in [9.17, 15) is 9.18 Å². The fourth-order valence-electron chi connectivity index (χ4n) is 2.16. The number of hydrogen-bond donors (Lipinski definition) is 3. The van der Waals surface area contributed by atoms with Crippen LogP contribution in [0.4, 0.5) is 10.1 Å². The SMILES string of the molecule is NC(=O)c1cc(F)ccc1NCCN1CCNCC1. The third-order valence-corrected chi connectivity index (χ3v) is 3.20. The maximum absolute atomic E-state index is 13.1. The molecular formula is C13H19FN4O. The quantitative estimate of drug-likeness (QED) is 0.714. The number of rotatable bonds is 5. The number of nitrogens with two attached hydrogens (primary N) is 1. The molecule has 0 aromatic heterocycles. The van der Waals surface area contributed by atoms with Crippen LogP contribution in [0.2, 0.25) is 0 Å². The molecular weight excluding hydrogens is 247 g/mol. The number of nitrogens with zero attached hydrogens (tertiary/aromatic N) is 1. The third-order valence-electron chi connectivity index (χ3n) is 3.20. The van der Waals surface area contributed by atoms with E-state index in [0.29, 0.717) is 12.2 Å². The summed E-state index contributed by atoms with van der Waals surface area (Å²) in [6.07, 6.45) is 0. The van der Waals surface area contributed by atoms with Crippen LogP contribution in [0.5, 0.6) is 0 Å². The van der Waals surface area contributed by atoms with Gasteiger partial charge < -0.3 is 16.4 Å². The number of nitrogens with one attached hydrogen (secondary N) is 2. The molecule has 1 aliphatic rings. The van der Waals surface area contributed by atoms with Gasteiger partial charge in [-0.25, -0.2) is 4.39 Å². The predicted molar refractivity (Wildman–Crippen MR) is 72.7 cm³/mol. The van der Waals surface area contributed by atoms with E-state index in [-0.39, 0.29) is 5.56 Å². The van der Waals surface area contributed by atoms with Gasteiger partial charge in [0.15, 0.2) is 0 Å². The van der Waals surface area contributed by atoms with Crippen molar-refractivity contribution in [3.8, 4) is 0 Å². The lowest BCUT2D eigenvalue weighted by molar-refractivity contribution is 0.100. The van der Waals surface area contributed by atoms with E-state index in [1.807, 2.05) is 0 Å². The molecule has 6 heteroatoms. The van der Waals surface area contributed by atoms with Gasteiger partial charge in [0.2, 0.25) is 0 Å².